The maximum Gasteiger partial charge on any atom is 0.339 e. The number of ether oxygens (including phenoxy) is 2. The van der Waals surface area contributed by atoms with Gasteiger partial charge >= 0.3 is 11.9 Å². The largest absolute Gasteiger partial charge is 0.465 e. The van der Waals surface area contributed by atoms with Crippen LogP contribution in [-0.4, -0.2) is 37.0 Å². The lowest BCUT2D eigenvalue weighted by atomic mass is 10.1. The van der Waals surface area contributed by atoms with Gasteiger partial charge < -0.3 is 19.8 Å². The first-order valence-electron chi connectivity index (χ1n) is 6.77. The average Bonchev–Trinajstić information content (AvgIpc) is 3.06. The Morgan fingerprint density at radius 1 is 1.09 bits per heavy atom. The summed E-state index contributed by atoms with van der Waals surface area (Å²) >= 11 is 0. The second-order valence-electron chi connectivity index (χ2n) is 4.69. The third-order valence-corrected chi connectivity index (χ3v) is 3.15. The Bertz CT molecular complexity index is 722. The maximum absolute atomic E-state index is 12.1. The number of methoxy groups -OCH3 is 2. The van der Waals surface area contributed by atoms with Gasteiger partial charge in [-0.2, -0.15) is 0 Å². The van der Waals surface area contributed by atoms with Crippen LogP contribution in [0.4, 0.5) is 5.69 Å². The number of aromatic amines is 1. The van der Waals surface area contributed by atoms with Gasteiger partial charge in [-0.3, -0.25) is 4.79 Å². The van der Waals surface area contributed by atoms with Gasteiger partial charge in [-0.1, -0.05) is 0 Å². The fourth-order valence-electron chi connectivity index (χ4n) is 2.03. The lowest BCUT2D eigenvalue weighted by molar-refractivity contribution is -0.115. The number of esters is 2. The zero-order chi connectivity index (χ0) is 16.8. The highest BCUT2D eigenvalue weighted by molar-refractivity contribution is 6.03. The molecule has 0 spiro atoms. The summed E-state index contributed by atoms with van der Waals surface area (Å²) in [6.45, 7) is 0. The highest BCUT2D eigenvalue weighted by Crippen LogP contribution is 2.20. The summed E-state index contributed by atoms with van der Waals surface area (Å²) in [5.74, 6) is -1.50. The predicted octanol–water partition coefficient (Wildman–Crippen LogP) is 1.77. The van der Waals surface area contributed by atoms with Crippen molar-refractivity contribution in [3.05, 3.63) is 53.3 Å². The van der Waals surface area contributed by atoms with Gasteiger partial charge in [-0.25, -0.2) is 9.59 Å². The first-order valence-corrected chi connectivity index (χ1v) is 6.77. The minimum Gasteiger partial charge on any atom is -0.465 e. The van der Waals surface area contributed by atoms with Crippen LogP contribution in [0.15, 0.2) is 36.7 Å². The van der Waals surface area contributed by atoms with Gasteiger partial charge in [0, 0.05) is 12.4 Å². The number of hydrogen-bond donors (Lipinski definition) is 2. The number of amides is 1. The summed E-state index contributed by atoms with van der Waals surface area (Å²) in [6, 6.07) is 5.99. The van der Waals surface area contributed by atoms with E-state index in [2.05, 4.69) is 19.8 Å². The molecule has 1 heterocycles. The number of H-pyrrole nitrogens is 1. The zero-order valence-electron chi connectivity index (χ0n) is 12.7. The van der Waals surface area contributed by atoms with Crippen molar-refractivity contribution in [2.45, 2.75) is 6.42 Å². The highest BCUT2D eigenvalue weighted by atomic mass is 16.5. The number of aromatic nitrogens is 1. The minimum atomic E-state index is -0.613. The SMILES string of the molecule is COC(=O)c1ccc(C(=O)OC)c(NC(=O)Cc2cc[nH]c2)c1. The van der Waals surface area contributed by atoms with Gasteiger partial charge in [0.25, 0.3) is 0 Å². The van der Waals surface area contributed by atoms with E-state index >= 15 is 0 Å². The van der Waals surface area contributed by atoms with Gasteiger partial charge in [0.2, 0.25) is 5.91 Å². The second-order valence-corrected chi connectivity index (χ2v) is 4.69. The fraction of sp³-hybridized carbons (Fsp3) is 0.188. The molecule has 0 saturated carbocycles. The quantitative estimate of drug-likeness (QED) is 0.819. The molecule has 7 heteroatoms. The van der Waals surface area contributed by atoms with Crippen molar-refractivity contribution in [1.82, 2.24) is 4.98 Å². The van der Waals surface area contributed by atoms with Crippen molar-refractivity contribution in [2.75, 3.05) is 19.5 Å². The molecule has 0 radical (unpaired) electrons. The van der Waals surface area contributed by atoms with Gasteiger partial charge in [0.15, 0.2) is 0 Å². The Morgan fingerprint density at radius 3 is 2.43 bits per heavy atom. The summed E-state index contributed by atoms with van der Waals surface area (Å²) in [5, 5.41) is 2.62. The van der Waals surface area contributed by atoms with Gasteiger partial charge in [-0.05, 0) is 29.8 Å². The number of nitrogens with one attached hydrogen (secondary N) is 2. The van der Waals surface area contributed by atoms with E-state index in [0.717, 1.165) is 5.56 Å². The molecule has 0 atom stereocenters. The number of anilines is 1. The zero-order valence-corrected chi connectivity index (χ0v) is 12.7. The molecule has 2 N–H and O–H groups in total. The monoisotopic (exact) mass is 316 g/mol. The molecule has 0 bridgehead atoms. The third kappa shape index (κ3) is 3.97. The Labute approximate surface area is 132 Å². The van der Waals surface area contributed by atoms with E-state index in [4.69, 9.17) is 0 Å². The lowest BCUT2D eigenvalue weighted by Crippen LogP contribution is -2.18. The van der Waals surface area contributed by atoms with E-state index in [-0.39, 0.29) is 29.1 Å². The number of hydrogen-bond acceptors (Lipinski definition) is 5. The van der Waals surface area contributed by atoms with Gasteiger partial charge in [0.05, 0.1) is 37.5 Å². The third-order valence-electron chi connectivity index (χ3n) is 3.15. The molecule has 0 aliphatic rings. The number of rotatable bonds is 5. The lowest BCUT2D eigenvalue weighted by Gasteiger charge is -2.11. The molecule has 0 aliphatic carbocycles. The van der Waals surface area contributed by atoms with E-state index in [1.165, 1.54) is 32.4 Å². The Balaban J connectivity index is 2.27. The molecule has 23 heavy (non-hydrogen) atoms. The van der Waals surface area contributed by atoms with Crippen molar-refractivity contribution in [3.8, 4) is 0 Å². The van der Waals surface area contributed by atoms with E-state index in [1.54, 1.807) is 18.5 Å². The van der Waals surface area contributed by atoms with E-state index in [1.807, 2.05) is 0 Å². The number of benzene rings is 1. The first kappa shape index (κ1) is 16.3. The number of carbonyl (C=O) groups is 3. The van der Waals surface area contributed by atoms with Crippen molar-refractivity contribution < 1.29 is 23.9 Å². The van der Waals surface area contributed by atoms with E-state index in [0.29, 0.717) is 0 Å². The van der Waals surface area contributed by atoms with Gasteiger partial charge in [-0.15, -0.1) is 0 Å². The average molecular weight is 316 g/mol. The highest BCUT2D eigenvalue weighted by Gasteiger charge is 2.17. The fourth-order valence-corrected chi connectivity index (χ4v) is 2.03. The van der Waals surface area contributed by atoms with Crippen molar-refractivity contribution >= 4 is 23.5 Å². The molecular formula is C16H16N2O5. The topological polar surface area (TPSA) is 97.5 Å². The molecule has 7 nitrogen and oxygen atoms in total. The summed E-state index contributed by atoms with van der Waals surface area (Å²) in [6.07, 6.45) is 3.54. The Kier molecular flexibility index (Phi) is 5.14. The van der Waals surface area contributed by atoms with Crippen LogP contribution in [0.25, 0.3) is 0 Å². The molecular weight excluding hydrogens is 300 g/mol. The predicted molar refractivity (Wildman–Crippen MR) is 82.2 cm³/mol. The molecule has 0 fully saturated rings. The molecule has 1 aromatic heterocycles. The standard InChI is InChI=1S/C16H16N2O5/c1-22-15(20)11-3-4-12(16(21)23-2)13(8-11)18-14(19)7-10-5-6-17-9-10/h3-6,8-9,17H,7H2,1-2H3,(H,18,19). The van der Waals surface area contributed by atoms with Gasteiger partial charge in [0.1, 0.15) is 0 Å². The van der Waals surface area contributed by atoms with Crippen LogP contribution in [0.5, 0.6) is 0 Å². The molecule has 2 aromatic rings. The van der Waals surface area contributed by atoms with Crippen LogP contribution in [0, 0.1) is 0 Å². The molecule has 0 aliphatic heterocycles. The summed E-state index contributed by atoms with van der Waals surface area (Å²) in [7, 11) is 2.49. The minimum absolute atomic E-state index is 0.132. The molecule has 1 amide bonds. The molecule has 2 rings (SSSR count). The molecule has 1 aromatic carbocycles. The smallest absolute Gasteiger partial charge is 0.339 e. The second kappa shape index (κ2) is 7.26. The number of carbonyl (C=O) groups excluding carboxylic acids is 3. The van der Waals surface area contributed by atoms with E-state index in [9.17, 15) is 14.4 Å². The van der Waals surface area contributed by atoms with Crippen molar-refractivity contribution in [2.24, 2.45) is 0 Å². The van der Waals surface area contributed by atoms with Crippen molar-refractivity contribution in [3.63, 3.8) is 0 Å². The Morgan fingerprint density at radius 2 is 1.83 bits per heavy atom. The summed E-state index contributed by atoms with van der Waals surface area (Å²) in [4.78, 5) is 38.3. The van der Waals surface area contributed by atoms with Crippen LogP contribution in [0.3, 0.4) is 0 Å². The summed E-state index contributed by atoms with van der Waals surface area (Å²) in [5.41, 5.74) is 1.37. The van der Waals surface area contributed by atoms with Crippen LogP contribution >= 0.6 is 0 Å². The van der Waals surface area contributed by atoms with Crippen LogP contribution in [0.1, 0.15) is 26.3 Å². The first-order chi connectivity index (χ1) is 11.0. The normalized spacial score (nSPS) is 10.0. The van der Waals surface area contributed by atoms with Crippen LogP contribution < -0.4 is 5.32 Å². The Hall–Kier alpha value is -3.09. The van der Waals surface area contributed by atoms with Crippen molar-refractivity contribution in [1.29, 1.82) is 0 Å². The molecule has 120 valence electrons. The molecule has 0 saturated heterocycles. The van der Waals surface area contributed by atoms with Crippen LogP contribution in [-0.2, 0) is 20.7 Å². The van der Waals surface area contributed by atoms with Crippen LogP contribution in [0.2, 0.25) is 0 Å². The van der Waals surface area contributed by atoms with E-state index < -0.39 is 11.9 Å². The summed E-state index contributed by atoms with van der Waals surface area (Å²) < 4.78 is 9.32. The maximum atomic E-state index is 12.1. The molecule has 0 unspecified atom stereocenters.